The van der Waals surface area contributed by atoms with Gasteiger partial charge in [0.15, 0.2) is 0 Å². The summed E-state index contributed by atoms with van der Waals surface area (Å²) in [5.41, 5.74) is 0.231. The number of carboxylic acids is 1. The first-order valence-corrected chi connectivity index (χ1v) is 9.25. The average Bonchev–Trinajstić information content (AvgIpc) is 2.60. The predicted octanol–water partition coefficient (Wildman–Crippen LogP) is 0.882. The zero-order valence-electron chi connectivity index (χ0n) is 14.4. The molecule has 8 nitrogen and oxygen atoms in total. The van der Waals surface area contributed by atoms with Gasteiger partial charge in [0.2, 0.25) is 10.0 Å². The van der Waals surface area contributed by atoms with Gasteiger partial charge in [-0.3, -0.25) is 9.59 Å². The minimum atomic E-state index is -3.77. The van der Waals surface area contributed by atoms with E-state index in [2.05, 4.69) is 0 Å². The molecule has 1 N–H and O–H groups in total. The Bertz CT molecular complexity index is 767. The summed E-state index contributed by atoms with van der Waals surface area (Å²) in [6.45, 7) is 0.662. The number of benzene rings is 1. The smallest absolute Gasteiger partial charge is 0.306 e. The zero-order chi connectivity index (χ0) is 18.8. The molecule has 9 heteroatoms. The Balaban J connectivity index is 2.29. The first kappa shape index (κ1) is 19.2. The number of hydrogen-bond donors (Lipinski definition) is 1. The Morgan fingerprint density at radius 3 is 2.32 bits per heavy atom. The molecule has 1 amide bonds. The molecule has 138 valence electrons. The van der Waals surface area contributed by atoms with E-state index in [-0.39, 0.29) is 22.1 Å². The highest BCUT2D eigenvalue weighted by molar-refractivity contribution is 7.89. The molecule has 1 heterocycles. The third kappa shape index (κ3) is 3.93. The molecule has 0 aliphatic carbocycles. The Morgan fingerprint density at radius 1 is 1.24 bits per heavy atom. The number of carbonyl (C=O) groups excluding carboxylic acids is 1. The van der Waals surface area contributed by atoms with Crippen molar-refractivity contribution in [3.63, 3.8) is 0 Å². The molecule has 1 aliphatic heterocycles. The SMILES string of the molecule is COc1ccc(C(=O)N2CCC(C(=O)O)CC2)cc1S(=O)(=O)N(C)C. The summed E-state index contributed by atoms with van der Waals surface area (Å²) in [7, 11) is 0.402. The van der Waals surface area contributed by atoms with Crippen LogP contribution in [-0.2, 0) is 14.8 Å². The van der Waals surface area contributed by atoms with Crippen molar-refractivity contribution in [3.05, 3.63) is 23.8 Å². The molecule has 0 aromatic heterocycles. The summed E-state index contributed by atoms with van der Waals surface area (Å²) < 4.78 is 31.0. The van der Waals surface area contributed by atoms with Crippen LogP contribution in [0.4, 0.5) is 0 Å². The Hall–Kier alpha value is -2.13. The van der Waals surface area contributed by atoms with E-state index in [1.807, 2.05) is 0 Å². The lowest BCUT2D eigenvalue weighted by molar-refractivity contribution is -0.143. The van der Waals surface area contributed by atoms with E-state index in [1.165, 1.54) is 39.4 Å². The minimum Gasteiger partial charge on any atom is -0.495 e. The average molecular weight is 370 g/mol. The molecule has 0 radical (unpaired) electrons. The molecule has 0 spiro atoms. The molecular formula is C16H22N2O6S. The van der Waals surface area contributed by atoms with Gasteiger partial charge in [-0.1, -0.05) is 0 Å². The highest BCUT2D eigenvalue weighted by atomic mass is 32.2. The van der Waals surface area contributed by atoms with E-state index in [1.54, 1.807) is 4.90 Å². The summed E-state index contributed by atoms with van der Waals surface area (Å²) in [5.74, 6) is -1.45. The van der Waals surface area contributed by atoms with Crippen molar-refractivity contribution in [1.82, 2.24) is 9.21 Å². The second-order valence-corrected chi connectivity index (χ2v) is 8.18. The molecule has 0 bridgehead atoms. The number of rotatable bonds is 5. The molecule has 1 saturated heterocycles. The van der Waals surface area contributed by atoms with E-state index >= 15 is 0 Å². The van der Waals surface area contributed by atoms with Crippen LogP contribution in [0.25, 0.3) is 0 Å². The number of aliphatic carboxylic acids is 1. The van der Waals surface area contributed by atoms with E-state index in [0.717, 1.165) is 4.31 Å². The first-order chi connectivity index (χ1) is 11.7. The maximum Gasteiger partial charge on any atom is 0.306 e. The van der Waals surface area contributed by atoms with Crippen LogP contribution in [0.15, 0.2) is 23.1 Å². The van der Waals surface area contributed by atoms with Crippen LogP contribution >= 0.6 is 0 Å². The van der Waals surface area contributed by atoms with Crippen LogP contribution in [0.1, 0.15) is 23.2 Å². The number of amides is 1. The number of methoxy groups -OCH3 is 1. The Kier molecular flexibility index (Phi) is 5.69. The summed E-state index contributed by atoms with van der Waals surface area (Å²) in [6.07, 6.45) is 0.778. The van der Waals surface area contributed by atoms with Crippen LogP contribution < -0.4 is 4.74 Å². The van der Waals surface area contributed by atoms with Crippen molar-refractivity contribution >= 4 is 21.9 Å². The first-order valence-electron chi connectivity index (χ1n) is 7.81. The van der Waals surface area contributed by atoms with Gasteiger partial charge in [-0.15, -0.1) is 0 Å². The molecule has 1 fully saturated rings. The summed E-state index contributed by atoms with van der Waals surface area (Å²) >= 11 is 0. The zero-order valence-corrected chi connectivity index (χ0v) is 15.2. The molecule has 25 heavy (non-hydrogen) atoms. The maximum absolute atomic E-state index is 12.7. The molecule has 2 rings (SSSR count). The topological polar surface area (TPSA) is 104 Å². The van der Waals surface area contributed by atoms with Crippen molar-refractivity contribution in [1.29, 1.82) is 0 Å². The van der Waals surface area contributed by atoms with Gasteiger partial charge in [-0.2, -0.15) is 0 Å². The number of nitrogens with zero attached hydrogens (tertiary/aromatic N) is 2. The number of piperidine rings is 1. The number of carbonyl (C=O) groups is 2. The number of ether oxygens (including phenoxy) is 1. The molecule has 1 aliphatic rings. The largest absolute Gasteiger partial charge is 0.495 e. The number of likely N-dealkylation sites (tertiary alicyclic amines) is 1. The predicted molar refractivity (Wildman–Crippen MR) is 90.1 cm³/mol. The van der Waals surface area contributed by atoms with E-state index in [4.69, 9.17) is 9.84 Å². The van der Waals surface area contributed by atoms with Gasteiger partial charge in [0.1, 0.15) is 10.6 Å². The van der Waals surface area contributed by atoms with Crippen molar-refractivity contribution in [2.45, 2.75) is 17.7 Å². The quantitative estimate of drug-likeness (QED) is 0.825. The van der Waals surface area contributed by atoms with Crippen LogP contribution in [0.2, 0.25) is 0 Å². The fraction of sp³-hybridized carbons (Fsp3) is 0.500. The summed E-state index contributed by atoms with van der Waals surface area (Å²) in [6, 6.07) is 4.27. The molecular weight excluding hydrogens is 348 g/mol. The molecule has 0 unspecified atom stereocenters. The molecule has 1 aromatic rings. The molecule has 1 aromatic carbocycles. The van der Waals surface area contributed by atoms with Gasteiger partial charge >= 0.3 is 5.97 Å². The second-order valence-electron chi connectivity index (χ2n) is 6.06. The fourth-order valence-corrected chi connectivity index (χ4v) is 3.80. The second kappa shape index (κ2) is 7.40. The van der Waals surface area contributed by atoms with Gasteiger partial charge in [-0.25, -0.2) is 12.7 Å². The summed E-state index contributed by atoms with van der Waals surface area (Å²) in [5, 5.41) is 9.03. The van der Waals surface area contributed by atoms with Crippen LogP contribution in [0.3, 0.4) is 0 Å². The van der Waals surface area contributed by atoms with Crippen molar-refractivity contribution in [2.24, 2.45) is 5.92 Å². The van der Waals surface area contributed by atoms with E-state index in [0.29, 0.717) is 25.9 Å². The Labute approximate surface area is 147 Å². The number of carboxylic acid groups (broad SMARTS) is 1. The van der Waals surface area contributed by atoms with Crippen LogP contribution in [-0.4, -0.2) is 68.9 Å². The number of hydrogen-bond acceptors (Lipinski definition) is 5. The third-order valence-electron chi connectivity index (χ3n) is 4.30. The Morgan fingerprint density at radius 2 is 1.84 bits per heavy atom. The van der Waals surface area contributed by atoms with Gasteiger partial charge in [0.05, 0.1) is 13.0 Å². The maximum atomic E-state index is 12.7. The van der Waals surface area contributed by atoms with Gasteiger partial charge in [0, 0.05) is 32.7 Å². The lowest BCUT2D eigenvalue weighted by atomic mass is 9.96. The van der Waals surface area contributed by atoms with Crippen molar-refractivity contribution in [2.75, 3.05) is 34.3 Å². The van der Waals surface area contributed by atoms with E-state index < -0.39 is 21.9 Å². The van der Waals surface area contributed by atoms with Gasteiger partial charge in [-0.05, 0) is 31.0 Å². The lowest BCUT2D eigenvalue weighted by Crippen LogP contribution is -2.40. The normalized spacial score (nSPS) is 16.1. The van der Waals surface area contributed by atoms with Crippen LogP contribution in [0, 0.1) is 5.92 Å². The third-order valence-corrected chi connectivity index (χ3v) is 6.14. The monoisotopic (exact) mass is 370 g/mol. The van der Waals surface area contributed by atoms with Crippen molar-refractivity contribution in [3.8, 4) is 5.75 Å². The highest BCUT2D eigenvalue weighted by Gasteiger charge is 2.29. The van der Waals surface area contributed by atoms with E-state index in [9.17, 15) is 18.0 Å². The fourth-order valence-electron chi connectivity index (χ4n) is 2.72. The molecule has 0 saturated carbocycles. The summed E-state index contributed by atoms with van der Waals surface area (Å²) in [4.78, 5) is 25.1. The molecule has 0 atom stereocenters. The standard InChI is InChI=1S/C16H22N2O6S/c1-17(2)25(22,23)14-10-12(4-5-13(14)24-3)15(19)18-8-6-11(7-9-18)16(20)21/h4-5,10-11H,6-9H2,1-3H3,(H,20,21). The van der Waals surface area contributed by atoms with Crippen LogP contribution in [0.5, 0.6) is 5.75 Å². The minimum absolute atomic E-state index is 0.0775. The lowest BCUT2D eigenvalue weighted by Gasteiger charge is -2.30. The van der Waals surface area contributed by atoms with Crippen molar-refractivity contribution < 1.29 is 27.9 Å². The van der Waals surface area contributed by atoms with Gasteiger partial charge in [0.25, 0.3) is 5.91 Å². The van der Waals surface area contributed by atoms with Gasteiger partial charge < -0.3 is 14.7 Å². The number of sulfonamides is 1. The highest BCUT2D eigenvalue weighted by Crippen LogP contribution is 2.28.